The van der Waals surface area contributed by atoms with Gasteiger partial charge in [-0.05, 0) is 80.2 Å². The molecular formula is C38H53N5O5. The number of hydrogen-bond donors (Lipinski definition) is 2. The Balaban J connectivity index is 1.31. The average Bonchev–Trinajstić information content (AvgIpc) is 3.49. The van der Waals surface area contributed by atoms with E-state index in [1.807, 2.05) is 40.1 Å². The first kappa shape index (κ1) is 35.4. The third kappa shape index (κ3) is 8.75. The summed E-state index contributed by atoms with van der Waals surface area (Å²) in [4.78, 5) is 61.2. The lowest BCUT2D eigenvalue weighted by atomic mass is 9.95. The highest BCUT2D eigenvalue weighted by molar-refractivity contribution is 6.36. The molecule has 0 aromatic heterocycles. The summed E-state index contributed by atoms with van der Waals surface area (Å²) >= 11 is 0. The van der Waals surface area contributed by atoms with Gasteiger partial charge in [0.25, 0.3) is 0 Å². The molecule has 0 radical (unpaired) electrons. The van der Waals surface area contributed by atoms with Crippen LogP contribution in [0.25, 0.3) is 0 Å². The summed E-state index contributed by atoms with van der Waals surface area (Å²) in [6, 6.07) is 16.7. The molecule has 2 aromatic carbocycles. The van der Waals surface area contributed by atoms with Crippen molar-refractivity contribution in [2.75, 3.05) is 39.3 Å². The molecule has 10 heteroatoms. The summed E-state index contributed by atoms with van der Waals surface area (Å²) in [6.45, 7) is 11.9. The molecular weight excluding hydrogens is 606 g/mol. The Kier molecular flexibility index (Phi) is 11.8. The summed E-state index contributed by atoms with van der Waals surface area (Å²) in [6.07, 6.45) is 4.73. The number of nitrogens with one attached hydrogen (secondary N) is 1. The monoisotopic (exact) mass is 659 g/mol. The van der Waals surface area contributed by atoms with Gasteiger partial charge in [-0.1, -0.05) is 70.2 Å². The van der Waals surface area contributed by atoms with Crippen LogP contribution in [0.3, 0.4) is 0 Å². The molecule has 0 bridgehead atoms. The second-order valence-corrected chi connectivity index (χ2v) is 14.7. The van der Waals surface area contributed by atoms with Crippen molar-refractivity contribution in [1.82, 2.24) is 24.9 Å². The number of likely N-dealkylation sites (tertiary alicyclic amines) is 1. The third-order valence-corrected chi connectivity index (χ3v) is 10.1. The van der Waals surface area contributed by atoms with Gasteiger partial charge in [-0.2, -0.15) is 0 Å². The molecule has 48 heavy (non-hydrogen) atoms. The SMILES string of the molecule is CC(C)C[C@H]1CN([C@@H](CC(C)C)CN2CCC[C@H]2CN2C(=O)C(=O)NC[C@@H]2Cc2ccc(O)cc2)C(=O)C(=O)N1CCc1ccccc1. The highest BCUT2D eigenvalue weighted by atomic mass is 16.3. The van der Waals surface area contributed by atoms with Crippen molar-refractivity contribution in [3.63, 3.8) is 0 Å². The Morgan fingerprint density at radius 3 is 2.23 bits per heavy atom. The van der Waals surface area contributed by atoms with Crippen molar-refractivity contribution in [3.8, 4) is 5.75 Å². The van der Waals surface area contributed by atoms with Gasteiger partial charge in [0.1, 0.15) is 5.75 Å². The molecule has 0 unspecified atom stereocenters. The van der Waals surface area contributed by atoms with Crippen LogP contribution in [0.15, 0.2) is 54.6 Å². The first-order chi connectivity index (χ1) is 23.0. The molecule has 3 fully saturated rings. The Morgan fingerprint density at radius 2 is 1.54 bits per heavy atom. The van der Waals surface area contributed by atoms with Crippen LogP contribution < -0.4 is 5.32 Å². The molecule has 4 amide bonds. The largest absolute Gasteiger partial charge is 0.508 e. The summed E-state index contributed by atoms with van der Waals surface area (Å²) in [5.74, 6) is -1.04. The Hall–Kier alpha value is -3.92. The van der Waals surface area contributed by atoms with Gasteiger partial charge in [0.05, 0.1) is 12.1 Å². The van der Waals surface area contributed by atoms with Gasteiger partial charge in [0.2, 0.25) is 0 Å². The van der Waals surface area contributed by atoms with Gasteiger partial charge in [0, 0.05) is 44.8 Å². The smallest absolute Gasteiger partial charge is 0.312 e. The van der Waals surface area contributed by atoms with Gasteiger partial charge < -0.3 is 25.1 Å². The number of carbonyl (C=O) groups excluding carboxylic acids is 4. The Morgan fingerprint density at radius 1 is 0.812 bits per heavy atom. The number of hydrogen-bond acceptors (Lipinski definition) is 6. The molecule has 260 valence electrons. The van der Waals surface area contributed by atoms with E-state index in [1.54, 1.807) is 17.0 Å². The lowest BCUT2D eigenvalue weighted by Crippen LogP contribution is -2.64. The first-order valence-electron chi connectivity index (χ1n) is 17.8. The molecule has 0 aliphatic carbocycles. The predicted molar refractivity (Wildman–Crippen MR) is 185 cm³/mol. The molecule has 3 saturated heterocycles. The van der Waals surface area contributed by atoms with E-state index in [2.05, 4.69) is 50.0 Å². The lowest BCUT2D eigenvalue weighted by molar-refractivity contribution is -0.162. The number of piperazine rings is 2. The van der Waals surface area contributed by atoms with E-state index in [4.69, 9.17) is 0 Å². The fourth-order valence-electron chi connectivity index (χ4n) is 7.75. The van der Waals surface area contributed by atoms with Gasteiger partial charge in [-0.25, -0.2) is 0 Å². The fourth-order valence-corrected chi connectivity index (χ4v) is 7.75. The minimum Gasteiger partial charge on any atom is -0.508 e. The summed E-state index contributed by atoms with van der Waals surface area (Å²) in [5.41, 5.74) is 2.13. The van der Waals surface area contributed by atoms with Crippen LogP contribution in [0, 0.1) is 11.8 Å². The zero-order chi connectivity index (χ0) is 34.4. The minimum atomic E-state index is -0.579. The summed E-state index contributed by atoms with van der Waals surface area (Å²) in [7, 11) is 0. The maximum absolute atomic E-state index is 13.9. The lowest BCUT2D eigenvalue weighted by Gasteiger charge is -2.46. The number of benzene rings is 2. The van der Waals surface area contributed by atoms with Crippen LogP contribution in [0.5, 0.6) is 5.75 Å². The number of phenols is 1. The Bertz CT molecular complexity index is 1410. The van der Waals surface area contributed by atoms with Crippen molar-refractivity contribution >= 4 is 23.6 Å². The second-order valence-electron chi connectivity index (χ2n) is 14.7. The van der Waals surface area contributed by atoms with Crippen LogP contribution in [-0.2, 0) is 32.0 Å². The second kappa shape index (κ2) is 16.0. The van der Waals surface area contributed by atoms with Gasteiger partial charge in [-0.3, -0.25) is 24.1 Å². The van der Waals surface area contributed by atoms with Crippen molar-refractivity contribution in [1.29, 1.82) is 0 Å². The van der Waals surface area contributed by atoms with E-state index in [-0.39, 0.29) is 29.9 Å². The number of phenolic OH excluding ortho intramolecular Hbond substituents is 1. The van der Waals surface area contributed by atoms with Crippen LogP contribution in [0.1, 0.15) is 64.5 Å². The van der Waals surface area contributed by atoms with Crippen LogP contribution in [0.4, 0.5) is 0 Å². The average molecular weight is 660 g/mol. The number of aromatic hydroxyl groups is 1. The zero-order valence-electron chi connectivity index (χ0n) is 29.0. The fraction of sp³-hybridized carbons (Fsp3) is 0.579. The highest BCUT2D eigenvalue weighted by Gasteiger charge is 2.44. The van der Waals surface area contributed by atoms with Crippen molar-refractivity contribution in [2.24, 2.45) is 11.8 Å². The number of rotatable bonds is 14. The standard InChI is InChI=1S/C38H53N5O5/c1-26(2)19-32(43-25-33(20-27(3)4)41(37(47)38(43)48)18-16-28-9-6-5-7-10-28)23-40-17-8-11-30(40)24-42-31(22-39-35(45)36(42)46)21-29-12-14-34(44)15-13-29/h5-7,9-10,12-15,26-27,30-33,44H,8,11,16-25H2,1-4H3,(H,39,45)/t30-,31-,32-,33-/m0/s1. The number of carbonyl (C=O) groups is 4. The molecule has 0 spiro atoms. The van der Waals surface area contributed by atoms with Gasteiger partial charge in [0.15, 0.2) is 0 Å². The van der Waals surface area contributed by atoms with E-state index in [1.165, 1.54) is 0 Å². The first-order valence-corrected chi connectivity index (χ1v) is 17.8. The Labute approximate surface area is 285 Å². The topological polar surface area (TPSA) is 113 Å². The van der Waals surface area contributed by atoms with Crippen molar-refractivity contribution in [3.05, 3.63) is 65.7 Å². The molecule has 3 aliphatic rings. The molecule has 5 rings (SSSR count). The maximum atomic E-state index is 13.9. The summed E-state index contributed by atoms with van der Waals surface area (Å²) < 4.78 is 0. The molecule has 10 nitrogen and oxygen atoms in total. The quantitative estimate of drug-likeness (QED) is 0.301. The molecule has 3 aliphatic heterocycles. The predicted octanol–water partition coefficient (Wildman–Crippen LogP) is 3.47. The molecule has 2 aromatic rings. The van der Waals surface area contributed by atoms with Crippen LogP contribution in [0.2, 0.25) is 0 Å². The van der Waals surface area contributed by atoms with E-state index >= 15 is 0 Å². The summed E-state index contributed by atoms with van der Waals surface area (Å²) in [5, 5.41) is 12.5. The van der Waals surface area contributed by atoms with Crippen molar-refractivity contribution < 1.29 is 24.3 Å². The van der Waals surface area contributed by atoms with Gasteiger partial charge in [-0.15, -0.1) is 0 Å². The van der Waals surface area contributed by atoms with Crippen LogP contribution in [-0.4, -0.2) is 112 Å². The highest BCUT2D eigenvalue weighted by Crippen LogP contribution is 2.28. The van der Waals surface area contributed by atoms with E-state index in [0.717, 1.165) is 43.4 Å². The molecule has 0 saturated carbocycles. The molecule has 2 N–H and O–H groups in total. The zero-order valence-corrected chi connectivity index (χ0v) is 29.0. The number of amides is 4. The minimum absolute atomic E-state index is 0.0428. The normalized spacial score (nSPS) is 23.0. The molecule has 3 heterocycles. The van der Waals surface area contributed by atoms with E-state index in [0.29, 0.717) is 57.4 Å². The van der Waals surface area contributed by atoms with Gasteiger partial charge >= 0.3 is 23.6 Å². The maximum Gasteiger partial charge on any atom is 0.312 e. The van der Waals surface area contributed by atoms with E-state index < -0.39 is 23.6 Å². The number of nitrogens with zero attached hydrogens (tertiary/aromatic N) is 4. The van der Waals surface area contributed by atoms with Crippen molar-refractivity contribution in [2.45, 2.75) is 90.4 Å². The van der Waals surface area contributed by atoms with Crippen LogP contribution >= 0.6 is 0 Å². The van der Waals surface area contributed by atoms with E-state index in [9.17, 15) is 24.3 Å². The molecule has 4 atom stereocenters. The third-order valence-electron chi connectivity index (χ3n) is 10.1.